The number of nitriles is 1. The van der Waals surface area contributed by atoms with E-state index in [1.165, 1.54) is 6.20 Å². The first-order chi connectivity index (χ1) is 11.7. The molecule has 0 saturated carbocycles. The number of carbonyl (C=O) groups is 1. The van der Waals surface area contributed by atoms with E-state index in [1.54, 1.807) is 18.3 Å². The van der Waals surface area contributed by atoms with Crippen molar-refractivity contribution in [2.24, 2.45) is 0 Å². The monoisotopic (exact) mass is 320 g/mol. The number of hydrogen-bond donors (Lipinski definition) is 2. The van der Waals surface area contributed by atoms with E-state index >= 15 is 0 Å². The first kappa shape index (κ1) is 17.2. The molecule has 0 saturated heterocycles. The van der Waals surface area contributed by atoms with E-state index in [0.29, 0.717) is 5.82 Å². The molecule has 0 aliphatic rings. The Labute approximate surface area is 142 Å². The molecular weight excluding hydrogens is 300 g/mol. The Bertz CT molecular complexity index is 753. The molecule has 5 heteroatoms. The normalized spacial score (nSPS) is 10.8. The molecule has 0 spiro atoms. The predicted octanol–water partition coefficient (Wildman–Crippen LogP) is 3.66. The van der Waals surface area contributed by atoms with E-state index < -0.39 is 5.91 Å². The van der Waals surface area contributed by atoms with Gasteiger partial charge in [0.05, 0.1) is 0 Å². The highest BCUT2D eigenvalue weighted by Crippen LogP contribution is 2.23. The Kier molecular flexibility index (Phi) is 6.09. The minimum atomic E-state index is -0.434. The zero-order valence-corrected chi connectivity index (χ0v) is 13.8. The Morgan fingerprint density at radius 3 is 2.42 bits per heavy atom. The van der Waals surface area contributed by atoms with Crippen molar-refractivity contribution >= 4 is 17.4 Å². The van der Waals surface area contributed by atoms with Crippen LogP contribution in [0.3, 0.4) is 0 Å². The highest BCUT2D eigenvalue weighted by molar-refractivity contribution is 6.07. The summed E-state index contributed by atoms with van der Waals surface area (Å²) in [5.41, 5.74) is 2.90. The predicted molar refractivity (Wildman–Crippen MR) is 95.4 cm³/mol. The molecule has 122 valence electrons. The van der Waals surface area contributed by atoms with Gasteiger partial charge in [0.2, 0.25) is 0 Å². The van der Waals surface area contributed by atoms with Crippen LogP contribution in [0.25, 0.3) is 0 Å². The summed E-state index contributed by atoms with van der Waals surface area (Å²) >= 11 is 0. The maximum absolute atomic E-state index is 12.4. The van der Waals surface area contributed by atoms with E-state index in [9.17, 15) is 10.1 Å². The van der Waals surface area contributed by atoms with Gasteiger partial charge in [-0.25, -0.2) is 4.98 Å². The van der Waals surface area contributed by atoms with E-state index in [0.717, 1.165) is 29.7 Å². The second-order valence-electron chi connectivity index (χ2n) is 5.14. The fourth-order valence-electron chi connectivity index (χ4n) is 2.33. The first-order valence-corrected chi connectivity index (χ1v) is 7.89. The van der Waals surface area contributed by atoms with Crippen LogP contribution in [0.2, 0.25) is 0 Å². The molecule has 1 aromatic heterocycles. The summed E-state index contributed by atoms with van der Waals surface area (Å²) in [6.07, 6.45) is 4.62. The third-order valence-electron chi connectivity index (χ3n) is 3.63. The number of nitrogens with zero attached hydrogens (tertiary/aromatic N) is 2. The number of amides is 1. The molecule has 5 nitrogen and oxygen atoms in total. The molecule has 0 aliphatic carbocycles. The van der Waals surface area contributed by atoms with Gasteiger partial charge in [-0.2, -0.15) is 5.26 Å². The van der Waals surface area contributed by atoms with Gasteiger partial charge in [0.25, 0.3) is 5.91 Å². The lowest BCUT2D eigenvalue weighted by atomic mass is 10.0. The van der Waals surface area contributed by atoms with Crippen LogP contribution in [-0.4, -0.2) is 10.9 Å². The summed E-state index contributed by atoms with van der Waals surface area (Å²) in [5.74, 6) is 0.137. The zero-order valence-electron chi connectivity index (χ0n) is 13.8. The number of benzene rings is 1. The summed E-state index contributed by atoms with van der Waals surface area (Å²) in [7, 11) is 0. The average Bonchev–Trinajstić information content (AvgIpc) is 2.63. The van der Waals surface area contributed by atoms with Crippen LogP contribution in [0.4, 0.5) is 11.5 Å². The molecule has 2 rings (SSSR count). The number of carbonyl (C=O) groups excluding carboxylic acids is 1. The SMILES string of the molecule is CCc1cccc(CC)c1NC(=O)/C(C#N)=C\Nc1ccccn1. The third-order valence-corrected chi connectivity index (χ3v) is 3.63. The van der Waals surface area contributed by atoms with Crippen LogP contribution in [0, 0.1) is 11.3 Å². The van der Waals surface area contributed by atoms with E-state index in [4.69, 9.17) is 0 Å². The van der Waals surface area contributed by atoms with Crippen molar-refractivity contribution in [2.75, 3.05) is 10.6 Å². The summed E-state index contributed by atoms with van der Waals surface area (Å²) in [6.45, 7) is 4.07. The van der Waals surface area contributed by atoms with Crippen LogP contribution in [0.1, 0.15) is 25.0 Å². The number of pyridine rings is 1. The highest BCUT2D eigenvalue weighted by atomic mass is 16.1. The number of anilines is 2. The molecule has 0 unspecified atom stereocenters. The first-order valence-electron chi connectivity index (χ1n) is 7.89. The third kappa shape index (κ3) is 4.20. The molecule has 2 N–H and O–H groups in total. The highest BCUT2D eigenvalue weighted by Gasteiger charge is 2.13. The second-order valence-corrected chi connectivity index (χ2v) is 5.14. The standard InChI is InChI=1S/C19H20N4O/c1-3-14-8-7-9-15(4-2)18(14)23-19(24)16(12-20)13-22-17-10-5-6-11-21-17/h5-11,13H,3-4H2,1-2H3,(H,21,22)(H,23,24)/b16-13-. The van der Waals surface area contributed by atoms with Crippen LogP contribution in [0.5, 0.6) is 0 Å². The lowest BCUT2D eigenvalue weighted by Crippen LogP contribution is -2.17. The molecule has 0 aliphatic heterocycles. The smallest absolute Gasteiger partial charge is 0.267 e. The number of aryl methyl sites for hydroxylation is 2. The largest absolute Gasteiger partial charge is 0.345 e. The van der Waals surface area contributed by atoms with Crippen molar-refractivity contribution < 1.29 is 4.79 Å². The van der Waals surface area contributed by atoms with Crippen LogP contribution < -0.4 is 10.6 Å². The van der Waals surface area contributed by atoms with Gasteiger partial charge in [0, 0.05) is 18.1 Å². The quantitative estimate of drug-likeness (QED) is 0.629. The molecule has 1 aromatic carbocycles. The summed E-state index contributed by atoms with van der Waals surface area (Å²) < 4.78 is 0. The van der Waals surface area contributed by atoms with E-state index in [2.05, 4.69) is 15.6 Å². The lowest BCUT2D eigenvalue weighted by molar-refractivity contribution is -0.112. The Hall–Kier alpha value is -3.13. The summed E-state index contributed by atoms with van der Waals surface area (Å²) in [6, 6.07) is 13.2. The van der Waals surface area contributed by atoms with Crippen molar-refractivity contribution in [3.63, 3.8) is 0 Å². The minimum absolute atomic E-state index is 0.00591. The molecule has 0 atom stereocenters. The number of hydrogen-bond acceptors (Lipinski definition) is 4. The molecule has 24 heavy (non-hydrogen) atoms. The molecule has 1 heterocycles. The van der Waals surface area contributed by atoms with Gasteiger partial charge in [-0.15, -0.1) is 0 Å². The maximum atomic E-state index is 12.4. The fourth-order valence-corrected chi connectivity index (χ4v) is 2.33. The summed E-state index contributed by atoms with van der Waals surface area (Å²) in [4.78, 5) is 16.5. The average molecular weight is 320 g/mol. The van der Waals surface area contributed by atoms with Crippen molar-refractivity contribution in [3.8, 4) is 6.07 Å². The number of para-hydroxylation sites is 1. The molecule has 1 amide bonds. The Morgan fingerprint density at radius 1 is 1.17 bits per heavy atom. The van der Waals surface area contributed by atoms with Crippen LogP contribution in [-0.2, 0) is 17.6 Å². The topological polar surface area (TPSA) is 77.8 Å². The number of rotatable bonds is 6. The van der Waals surface area contributed by atoms with Gasteiger partial charge in [-0.1, -0.05) is 38.1 Å². The molecule has 0 radical (unpaired) electrons. The minimum Gasteiger partial charge on any atom is -0.345 e. The van der Waals surface area contributed by atoms with Crippen molar-refractivity contribution in [3.05, 3.63) is 65.5 Å². The van der Waals surface area contributed by atoms with E-state index in [-0.39, 0.29) is 5.57 Å². The van der Waals surface area contributed by atoms with Gasteiger partial charge in [-0.3, -0.25) is 4.79 Å². The lowest BCUT2D eigenvalue weighted by Gasteiger charge is -2.14. The van der Waals surface area contributed by atoms with Gasteiger partial charge in [-0.05, 0) is 36.1 Å². The van der Waals surface area contributed by atoms with Gasteiger partial charge in [0.15, 0.2) is 0 Å². The second kappa shape index (κ2) is 8.49. The van der Waals surface area contributed by atoms with Crippen molar-refractivity contribution in [2.45, 2.75) is 26.7 Å². The maximum Gasteiger partial charge on any atom is 0.267 e. The Balaban J connectivity index is 2.20. The van der Waals surface area contributed by atoms with Gasteiger partial charge < -0.3 is 10.6 Å². The molecule has 2 aromatic rings. The van der Waals surface area contributed by atoms with Crippen molar-refractivity contribution in [1.82, 2.24) is 4.98 Å². The Morgan fingerprint density at radius 2 is 1.88 bits per heavy atom. The van der Waals surface area contributed by atoms with Gasteiger partial charge >= 0.3 is 0 Å². The fraction of sp³-hybridized carbons (Fsp3) is 0.211. The van der Waals surface area contributed by atoms with Crippen LogP contribution >= 0.6 is 0 Å². The number of aromatic nitrogens is 1. The zero-order chi connectivity index (χ0) is 17.4. The molecule has 0 bridgehead atoms. The summed E-state index contributed by atoms with van der Waals surface area (Å²) in [5, 5.41) is 15.0. The van der Waals surface area contributed by atoms with Crippen molar-refractivity contribution in [1.29, 1.82) is 5.26 Å². The number of nitrogens with one attached hydrogen (secondary N) is 2. The molecular formula is C19H20N4O. The van der Waals surface area contributed by atoms with E-state index in [1.807, 2.05) is 44.2 Å². The van der Waals surface area contributed by atoms with Gasteiger partial charge in [0.1, 0.15) is 17.5 Å². The van der Waals surface area contributed by atoms with Crippen LogP contribution in [0.15, 0.2) is 54.4 Å². The molecule has 0 fully saturated rings.